The number of carboxylic acid groups (broad SMARTS) is 1. The maximum Gasteiger partial charge on any atom is 0.303 e. The summed E-state index contributed by atoms with van der Waals surface area (Å²) in [6.07, 6.45) is 3.09. The molecule has 2 fully saturated rings. The quantitative estimate of drug-likeness (QED) is 0.316. The van der Waals surface area contributed by atoms with Crippen molar-refractivity contribution >= 4 is 14.3 Å². The first kappa shape index (κ1) is 30.1. The highest BCUT2D eigenvalue weighted by Crippen LogP contribution is 2.43. The molecular weight excluding hydrogens is 488 g/mol. The smallest absolute Gasteiger partial charge is 0.303 e. The Morgan fingerprint density at radius 3 is 2.46 bits per heavy atom. The summed E-state index contributed by atoms with van der Waals surface area (Å²) in [4.78, 5) is 11.7. The lowest BCUT2D eigenvalue weighted by atomic mass is 9.85. The zero-order chi connectivity index (χ0) is 27.2. The van der Waals surface area contributed by atoms with Gasteiger partial charge in [-0.3, -0.25) is 4.79 Å². The van der Waals surface area contributed by atoms with Crippen LogP contribution in [0.4, 0.5) is 0 Å². The largest absolute Gasteiger partial charge is 0.488 e. The number of hydrogen-bond donors (Lipinski definition) is 2. The second-order valence-corrected chi connectivity index (χ2v) is 17.1. The van der Waals surface area contributed by atoms with E-state index in [0.29, 0.717) is 25.9 Å². The molecule has 2 unspecified atom stereocenters. The van der Waals surface area contributed by atoms with Crippen LogP contribution < -0.4 is 4.74 Å². The summed E-state index contributed by atoms with van der Waals surface area (Å²) in [6.45, 7) is 13.9. The molecule has 7 nitrogen and oxygen atoms in total. The molecule has 0 bridgehead atoms. The van der Waals surface area contributed by atoms with Crippen LogP contribution in [-0.4, -0.2) is 61.8 Å². The van der Waals surface area contributed by atoms with E-state index in [2.05, 4.69) is 33.9 Å². The van der Waals surface area contributed by atoms with E-state index in [1.165, 1.54) is 0 Å². The number of aliphatic hydroxyl groups excluding tert-OH is 1. The van der Waals surface area contributed by atoms with Crippen LogP contribution in [0.15, 0.2) is 30.3 Å². The Bertz CT molecular complexity index is 834. The van der Waals surface area contributed by atoms with Gasteiger partial charge in [0.2, 0.25) is 0 Å². The minimum Gasteiger partial charge on any atom is -0.488 e. The lowest BCUT2D eigenvalue weighted by molar-refractivity contribution is -0.197. The summed E-state index contributed by atoms with van der Waals surface area (Å²) in [7, 11) is -2.11. The van der Waals surface area contributed by atoms with Gasteiger partial charge < -0.3 is 28.8 Å². The highest BCUT2D eigenvalue weighted by atomic mass is 28.4. The van der Waals surface area contributed by atoms with E-state index in [9.17, 15) is 15.0 Å². The predicted molar refractivity (Wildman–Crippen MR) is 146 cm³/mol. The van der Waals surface area contributed by atoms with Gasteiger partial charge in [0, 0.05) is 18.9 Å². The highest BCUT2D eigenvalue weighted by molar-refractivity contribution is 6.74. The Labute approximate surface area is 224 Å². The molecule has 37 heavy (non-hydrogen) atoms. The van der Waals surface area contributed by atoms with Crippen LogP contribution in [0.1, 0.15) is 72.6 Å². The minimum atomic E-state index is -2.11. The van der Waals surface area contributed by atoms with Crippen molar-refractivity contribution in [2.24, 2.45) is 11.8 Å². The molecule has 0 spiro atoms. The Balaban J connectivity index is 1.78. The Morgan fingerprint density at radius 2 is 1.86 bits per heavy atom. The van der Waals surface area contributed by atoms with Gasteiger partial charge in [0.05, 0.1) is 24.7 Å². The number of para-hydroxylation sites is 1. The maximum atomic E-state index is 11.7. The number of benzene rings is 1. The van der Waals surface area contributed by atoms with Crippen molar-refractivity contribution in [3.63, 3.8) is 0 Å². The highest BCUT2D eigenvalue weighted by Gasteiger charge is 2.46. The van der Waals surface area contributed by atoms with Gasteiger partial charge in [-0.2, -0.15) is 0 Å². The minimum absolute atomic E-state index is 0.0388. The third-order valence-corrected chi connectivity index (χ3v) is 13.0. The first-order valence-electron chi connectivity index (χ1n) is 13.9. The zero-order valence-electron chi connectivity index (χ0n) is 23.5. The molecule has 1 heterocycles. The number of carboxylic acids is 1. The second-order valence-electron chi connectivity index (χ2n) is 12.3. The van der Waals surface area contributed by atoms with Gasteiger partial charge in [-0.05, 0) is 75.2 Å². The monoisotopic (exact) mass is 536 g/mol. The Morgan fingerprint density at radius 1 is 1.16 bits per heavy atom. The average Bonchev–Trinajstić information content (AvgIpc) is 3.10. The molecule has 1 aromatic rings. The fourth-order valence-electron chi connectivity index (χ4n) is 5.30. The Hall–Kier alpha value is -1.45. The summed E-state index contributed by atoms with van der Waals surface area (Å²) >= 11 is 0. The van der Waals surface area contributed by atoms with Crippen molar-refractivity contribution in [3.05, 3.63) is 30.3 Å². The second kappa shape index (κ2) is 13.1. The average molecular weight is 537 g/mol. The summed E-state index contributed by atoms with van der Waals surface area (Å²) in [5, 5.41) is 20.4. The number of ether oxygens (including phenoxy) is 3. The van der Waals surface area contributed by atoms with Gasteiger partial charge in [-0.25, -0.2) is 0 Å². The first-order chi connectivity index (χ1) is 17.4. The first-order valence-corrected chi connectivity index (χ1v) is 16.8. The van der Waals surface area contributed by atoms with E-state index < -0.39 is 20.4 Å². The van der Waals surface area contributed by atoms with E-state index in [1.807, 2.05) is 37.3 Å². The van der Waals surface area contributed by atoms with E-state index in [-0.39, 0.29) is 47.9 Å². The van der Waals surface area contributed by atoms with Gasteiger partial charge in [-0.15, -0.1) is 0 Å². The fourth-order valence-corrected chi connectivity index (χ4v) is 6.72. The Kier molecular flexibility index (Phi) is 10.6. The molecular formula is C29H48O7Si. The molecule has 1 saturated heterocycles. The van der Waals surface area contributed by atoms with Crippen LogP contribution in [0.2, 0.25) is 18.1 Å². The molecule has 210 valence electrons. The van der Waals surface area contributed by atoms with Crippen LogP contribution in [0, 0.1) is 11.8 Å². The number of hydrogen-bond acceptors (Lipinski definition) is 6. The molecule has 2 aliphatic rings. The van der Waals surface area contributed by atoms with Crippen molar-refractivity contribution in [1.29, 1.82) is 0 Å². The van der Waals surface area contributed by atoms with Crippen molar-refractivity contribution in [2.75, 3.05) is 6.61 Å². The van der Waals surface area contributed by atoms with Crippen LogP contribution in [0.3, 0.4) is 0 Å². The summed E-state index contributed by atoms with van der Waals surface area (Å²) < 4.78 is 25.4. The standard InChI is InChI=1S/C29H48O7Si/c1-20(34-21-12-8-7-9-13-21)25(36-37(5,6)29(2,3)4)16-15-22-23(18-27(31)32)24(30)19-26(22)35-28-14-10-11-17-33-28/h7-9,12-13,20,22-26,28,30H,10-11,14-19H2,1-6H3,(H,31,32)/t20?,22-,23+,24-,25-,26+,28?/m0/s1. The molecule has 1 aliphatic carbocycles. The summed E-state index contributed by atoms with van der Waals surface area (Å²) in [6, 6.07) is 9.77. The molecule has 1 aliphatic heterocycles. The SMILES string of the molecule is CC(Oc1ccccc1)[C@H](CC[C@H]1[C@@H](CC(=O)O)[C@@H](O)C[C@H]1OC1CCCCO1)O[Si](C)(C)C(C)(C)C. The molecule has 0 amide bonds. The van der Waals surface area contributed by atoms with Crippen molar-refractivity contribution in [3.8, 4) is 5.75 Å². The van der Waals surface area contributed by atoms with Gasteiger partial charge in [0.25, 0.3) is 0 Å². The predicted octanol–water partition coefficient (Wildman–Crippen LogP) is 6.01. The molecule has 1 aromatic carbocycles. The summed E-state index contributed by atoms with van der Waals surface area (Å²) in [5.41, 5.74) is 0. The molecule has 8 heteroatoms. The third kappa shape index (κ3) is 8.52. The van der Waals surface area contributed by atoms with E-state index in [0.717, 1.165) is 25.0 Å². The van der Waals surface area contributed by atoms with Gasteiger partial charge in [0.15, 0.2) is 14.6 Å². The fraction of sp³-hybridized carbons (Fsp3) is 0.759. The number of aliphatic carboxylic acids is 1. The van der Waals surface area contributed by atoms with Crippen LogP contribution in [-0.2, 0) is 18.7 Å². The number of rotatable bonds is 12. The lowest BCUT2D eigenvalue weighted by Gasteiger charge is -2.41. The lowest BCUT2D eigenvalue weighted by Crippen LogP contribution is -2.48. The van der Waals surface area contributed by atoms with Gasteiger partial charge >= 0.3 is 5.97 Å². The molecule has 2 N–H and O–H groups in total. The van der Waals surface area contributed by atoms with Crippen LogP contribution in [0.5, 0.6) is 5.75 Å². The van der Waals surface area contributed by atoms with Crippen molar-refractivity contribution in [2.45, 2.75) is 121 Å². The third-order valence-electron chi connectivity index (χ3n) is 8.50. The van der Waals surface area contributed by atoms with Gasteiger partial charge in [0.1, 0.15) is 11.9 Å². The van der Waals surface area contributed by atoms with Crippen LogP contribution in [0.25, 0.3) is 0 Å². The molecule has 3 rings (SSSR count). The van der Waals surface area contributed by atoms with E-state index in [1.54, 1.807) is 0 Å². The van der Waals surface area contributed by atoms with Crippen molar-refractivity contribution in [1.82, 2.24) is 0 Å². The van der Waals surface area contributed by atoms with E-state index >= 15 is 0 Å². The van der Waals surface area contributed by atoms with Crippen molar-refractivity contribution < 1.29 is 33.6 Å². The zero-order valence-corrected chi connectivity index (χ0v) is 24.5. The topological polar surface area (TPSA) is 94.5 Å². The number of carbonyl (C=O) groups is 1. The molecule has 1 saturated carbocycles. The molecule has 7 atom stereocenters. The normalized spacial score (nSPS) is 28.6. The molecule has 0 aromatic heterocycles. The van der Waals surface area contributed by atoms with E-state index in [4.69, 9.17) is 18.6 Å². The van der Waals surface area contributed by atoms with Crippen LogP contribution >= 0.6 is 0 Å². The maximum absolute atomic E-state index is 11.7. The van der Waals surface area contributed by atoms with Gasteiger partial charge in [-0.1, -0.05) is 39.0 Å². The molecule has 0 radical (unpaired) electrons. The summed E-state index contributed by atoms with van der Waals surface area (Å²) in [5.74, 6) is -0.538. The number of aliphatic hydroxyl groups is 1.